The molecule has 1 aromatic carbocycles. The first-order valence-corrected chi connectivity index (χ1v) is 7.34. The molecule has 2 aromatic rings. The molecular weight excluding hydrogens is 278 g/mol. The normalized spacial score (nSPS) is 19.7. The Morgan fingerprint density at radius 1 is 1.27 bits per heavy atom. The Balaban J connectivity index is 1.73. The molecular formula is C16H19N5O. The van der Waals surface area contributed by atoms with E-state index in [2.05, 4.69) is 15.3 Å². The van der Waals surface area contributed by atoms with Crippen LogP contribution in [0.25, 0.3) is 0 Å². The van der Waals surface area contributed by atoms with E-state index in [1.54, 1.807) is 19.6 Å². The van der Waals surface area contributed by atoms with Gasteiger partial charge in [0.15, 0.2) is 0 Å². The first kappa shape index (κ1) is 14.3. The molecule has 3 rings (SSSR count). The van der Waals surface area contributed by atoms with Gasteiger partial charge in [-0.1, -0.05) is 30.3 Å². The molecule has 1 aromatic heterocycles. The molecule has 1 unspecified atom stereocenters. The minimum atomic E-state index is -0.124. The number of carbonyl (C=O) groups excluding carboxylic acids is 1. The van der Waals surface area contributed by atoms with Crippen LogP contribution < -0.4 is 5.32 Å². The van der Waals surface area contributed by atoms with Crippen LogP contribution in [0.5, 0.6) is 0 Å². The van der Waals surface area contributed by atoms with Gasteiger partial charge in [-0.05, 0) is 12.0 Å². The molecule has 22 heavy (non-hydrogen) atoms. The summed E-state index contributed by atoms with van der Waals surface area (Å²) in [5, 5.41) is 2.86. The van der Waals surface area contributed by atoms with Gasteiger partial charge in [0.1, 0.15) is 11.9 Å². The summed E-state index contributed by atoms with van der Waals surface area (Å²) in [6, 6.07) is 9.78. The summed E-state index contributed by atoms with van der Waals surface area (Å²) < 4.78 is 2.01. The predicted molar refractivity (Wildman–Crippen MR) is 84.6 cm³/mol. The molecule has 1 N–H and O–H groups in total. The molecule has 0 radical (unpaired) electrons. The van der Waals surface area contributed by atoms with Crippen LogP contribution in [0.1, 0.15) is 18.0 Å². The highest BCUT2D eigenvalue weighted by atomic mass is 16.2. The Kier molecular flexibility index (Phi) is 4.18. The number of nitrogens with zero attached hydrogens (tertiary/aromatic N) is 4. The number of amides is 2. The Morgan fingerprint density at radius 2 is 2.09 bits per heavy atom. The molecule has 0 saturated carbocycles. The Morgan fingerprint density at radius 3 is 2.77 bits per heavy atom. The van der Waals surface area contributed by atoms with Gasteiger partial charge in [0.05, 0.1) is 6.33 Å². The SMILES string of the molecule is CN=C1NC(=O)N(CCCn2ccnc2)C1c1ccccc1. The largest absolute Gasteiger partial charge is 0.337 e. The van der Waals surface area contributed by atoms with Gasteiger partial charge >= 0.3 is 6.03 Å². The minimum Gasteiger partial charge on any atom is -0.337 e. The summed E-state index contributed by atoms with van der Waals surface area (Å²) in [5.41, 5.74) is 1.07. The predicted octanol–water partition coefficient (Wildman–Crippen LogP) is 2.07. The van der Waals surface area contributed by atoms with Gasteiger partial charge in [-0.15, -0.1) is 0 Å². The summed E-state index contributed by atoms with van der Waals surface area (Å²) in [5.74, 6) is 0.707. The lowest BCUT2D eigenvalue weighted by molar-refractivity contribution is 0.204. The van der Waals surface area contributed by atoms with Crippen molar-refractivity contribution in [2.75, 3.05) is 13.6 Å². The van der Waals surface area contributed by atoms with Crippen LogP contribution in [0.2, 0.25) is 0 Å². The van der Waals surface area contributed by atoms with Crippen LogP contribution in [-0.2, 0) is 6.54 Å². The highest BCUT2D eigenvalue weighted by molar-refractivity contribution is 6.07. The fraction of sp³-hybridized carbons (Fsp3) is 0.312. The smallest absolute Gasteiger partial charge is 0.323 e. The summed E-state index contributed by atoms with van der Waals surface area (Å²) in [7, 11) is 1.71. The van der Waals surface area contributed by atoms with Crippen LogP contribution in [0, 0.1) is 0 Å². The minimum absolute atomic E-state index is 0.0833. The third-order valence-corrected chi connectivity index (χ3v) is 3.80. The fourth-order valence-corrected chi connectivity index (χ4v) is 2.74. The molecule has 1 aliphatic rings. The van der Waals surface area contributed by atoms with Gasteiger partial charge in [0.2, 0.25) is 0 Å². The first-order valence-electron chi connectivity index (χ1n) is 7.34. The maximum absolute atomic E-state index is 12.2. The summed E-state index contributed by atoms with van der Waals surface area (Å²) in [6.45, 7) is 1.51. The van der Waals surface area contributed by atoms with Gasteiger partial charge in [-0.2, -0.15) is 0 Å². The van der Waals surface area contributed by atoms with Crippen molar-refractivity contribution in [3.8, 4) is 0 Å². The van der Waals surface area contributed by atoms with E-state index >= 15 is 0 Å². The molecule has 0 bridgehead atoms. The number of hydrogen-bond donors (Lipinski definition) is 1. The zero-order chi connectivity index (χ0) is 15.4. The average molecular weight is 297 g/mol. The van der Waals surface area contributed by atoms with Crippen molar-refractivity contribution in [2.24, 2.45) is 4.99 Å². The second kappa shape index (κ2) is 6.43. The molecule has 1 fully saturated rings. The van der Waals surface area contributed by atoms with E-state index in [1.165, 1.54) is 0 Å². The van der Waals surface area contributed by atoms with Crippen molar-refractivity contribution in [3.63, 3.8) is 0 Å². The Hall–Kier alpha value is -2.63. The molecule has 2 heterocycles. The van der Waals surface area contributed by atoms with Gasteiger partial charge in [-0.25, -0.2) is 9.78 Å². The fourth-order valence-electron chi connectivity index (χ4n) is 2.74. The van der Waals surface area contributed by atoms with Crippen molar-refractivity contribution < 1.29 is 4.79 Å². The van der Waals surface area contributed by atoms with Gasteiger partial charge in [0, 0.05) is 32.5 Å². The first-order chi connectivity index (χ1) is 10.8. The topological polar surface area (TPSA) is 62.5 Å². The third kappa shape index (κ3) is 2.86. The second-order valence-corrected chi connectivity index (χ2v) is 5.20. The Labute approximate surface area is 129 Å². The monoisotopic (exact) mass is 297 g/mol. The van der Waals surface area contributed by atoms with Crippen molar-refractivity contribution in [1.29, 1.82) is 0 Å². The van der Waals surface area contributed by atoms with E-state index in [1.807, 2.05) is 46.0 Å². The molecule has 6 heteroatoms. The lowest BCUT2D eigenvalue weighted by atomic mass is 10.1. The third-order valence-electron chi connectivity index (χ3n) is 3.80. The standard InChI is InChI=1S/C16H19N5O/c1-17-15-14(13-6-3-2-4-7-13)21(16(22)19-15)10-5-9-20-11-8-18-12-20/h2-4,6-8,11-12,14H,5,9-10H2,1H3,(H,17,19,22). The number of imidazole rings is 1. The van der Waals surface area contributed by atoms with E-state index < -0.39 is 0 Å². The average Bonchev–Trinajstić information content (AvgIpc) is 3.16. The highest BCUT2D eigenvalue weighted by Crippen LogP contribution is 2.26. The molecule has 114 valence electrons. The van der Waals surface area contributed by atoms with E-state index in [0.29, 0.717) is 12.4 Å². The zero-order valence-electron chi connectivity index (χ0n) is 12.5. The number of rotatable bonds is 5. The number of hydrogen-bond acceptors (Lipinski definition) is 3. The highest BCUT2D eigenvalue weighted by Gasteiger charge is 2.36. The second-order valence-electron chi connectivity index (χ2n) is 5.20. The van der Waals surface area contributed by atoms with E-state index in [9.17, 15) is 4.79 Å². The number of amidine groups is 1. The number of aromatic nitrogens is 2. The van der Waals surface area contributed by atoms with Crippen molar-refractivity contribution >= 4 is 11.9 Å². The molecule has 2 amide bonds. The van der Waals surface area contributed by atoms with Crippen LogP contribution in [0.3, 0.4) is 0 Å². The lowest BCUT2D eigenvalue weighted by Crippen LogP contribution is -2.31. The molecule has 6 nitrogen and oxygen atoms in total. The molecule has 1 saturated heterocycles. The number of urea groups is 1. The van der Waals surface area contributed by atoms with Gasteiger partial charge in [-0.3, -0.25) is 10.3 Å². The number of nitrogens with one attached hydrogen (secondary N) is 1. The van der Waals surface area contributed by atoms with Gasteiger partial charge < -0.3 is 9.47 Å². The van der Waals surface area contributed by atoms with Crippen LogP contribution >= 0.6 is 0 Å². The number of benzene rings is 1. The molecule has 1 atom stereocenters. The maximum Gasteiger partial charge on any atom is 0.323 e. The Bertz CT molecular complexity index is 650. The van der Waals surface area contributed by atoms with Crippen LogP contribution in [0.15, 0.2) is 54.0 Å². The molecule has 0 aliphatic carbocycles. The van der Waals surface area contributed by atoms with Crippen LogP contribution in [0.4, 0.5) is 4.79 Å². The van der Waals surface area contributed by atoms with Crippen molar-refractivity contribution in [3.05, 3.63) is 54.6 Å². The summed E-state index contributed by atoms with van der Waals surface area (Å²) in [4.78, 5) is 22.3. The van der Waals surface area contributed by atoms with E-state index in [-0.39, 0.29) is 12.1 Å². The number of aliphatic imine (C=N–C) groups is 1. The van der Waals surface area contributed by atoms with Crippen LogP contribution in [-0.4, -0.2) is 39.9 Å². The number of carbonyl (C=O) groups is 1. The summed E-state index contributed by atoms with van der Waals surface area (Å²) >= 11 is 0. The number of aryl methyl sites for hydroxylation is 1. The molecule has 0 spiro atoms. The van der Waals surface area contributed by atoms with Crippen molar-refractivity contribution in [1.82, 2.24) is 19.8 Å². The molecule has 1 aliphatic heterocycles. The quantitative estimate of drug-likeness (QED) is 0.918. The maximum atomic E-state index is 12.2. The van der Waals surface area contributed by atoms with E-state index in [4.69, 9.17) is 0 Å². The summed E-state index contributed by atoms with van der Waals surface area (Å²) in [6.07, 6.45) is 6.34. The van der Waals surface area contributed by atoms with Crippen molar-refractivity contribution in [2.45, 2.75) is 19.0 Å². The van der Waals surface area contributed by atoms with Gasteiger partial charge in [0.25, 0.3) is 0 Å². The van der Waals surface area contributed by atoms with E-state index in [0.717, 1.165) is 18.5 Å². The zero-order valence-corrected chi connectivity index (χ0v) is 12.5. The lowest BCUT2D eigenvalue weighted by Gasteiger charge is -2.23.